The average molecular weight is 425 g/mol. The lowest BCUT2D eigenvalue weighted by Gasteiger charge is -2.42. The lowest BCUT2D eigenvalue weighted by molar-refractivity contribution is -0.134. The Labute approximate surface area is 180 Å². The summed E-state index contributed by atoms with van der Waals surface area (Å²) in [6, 6.07) is 4.14. The van der Waals surface area contributed by atoms with Crippen LogP contribution in [0, 0.1) is 0 Å². The van der Waals surface area contributed by atoms with Crippen LogP contribution < -0.4 is 20.9 Å². The number of amides is 4. The lowest BCUT2D eigenvalue weighted by atomic mass is 9.84. The lowest BCUT2D eigenvalue weighted by Crippen LogP contribution is -2.53. The summed E-state index contributed by atoms with van der Waals surface area (Å²) < 4.78 is 0. The number of carbonyl (C=O) groups excluding carboxylic acids is 4. The van der Waals surface area contributed by atoms with Gasteiger partial charge in [-0.1, -0.05) is 0 Å². The van der Waals surface area contributed by atoms with Crippen LogP contribution >= 0.6 is 0 Å². The number of piperidine rings is 2. The van der Waals surface area contributed by atoms with Crippen molar-refractivity contribution in [1.29, 1.82) is 0 Å². The fourth-order valence-corrected chi connectivity index (χ4v) is 5.37. The van der Waals surface area contributed by atoms with Crippen molar-refractivity contribution in [3.05, 3.63) is 28.8 Å². The Kier molecular flexibility index (Phi) is 5.23. The van der Waals surface area contributed by atoms with E-state index >= 15 is 0 Å². The Bertz CT molecular complexity index is 947. The van der Waals surface area contributed by atoms with Gasteiger partial charge in [-0.3, -0.25) is 34.7 Å². The normalized spacial score (nSPS) is 25.4. The van der Waals surface area contributed by atoms with Gasteiger partial charge in [0.2, 0.25) is 11.8 Å². The smallest absolute Gasteiger partial charge is 0.259 e. The van der Waals surface area contributed by atoms with Crippen LogP contribution in [0.15, 0.2) is 12.1 Å². The second-order valence-corrected chi connectivity index (χ2v) is 8.71. The minimum Gasteiger partial charge on any atom is -0.369 e. The molecule has 0 saturated carbocycles. The molecule has 3 saturated heterocycles. The van der Waals surface area contributed by atoms with Gasteiger partial charge in [-0.25, -0.2) is 0 Å². The Balaban J connectivity index is 1.46. The number of nitrogens with one attached hydrogen (secondary N) is 3. The zero-order valence-corrected chi connectivity index (χ0v) is 17.4. The van der Waals surface area contributed by atoms with Crippen molar-refractivity contribution >= 4 is 29.3 Å². The molecule has 5 rings (SSSR count). The molecule has 4 heterocycles. The maximum atomic E-state index is 12.7. The summed E-state index contributed by atoms with van der Waals surface area (Å²) in [5.74, 6) is -2.22. The van der Waals surface area contributed by atoms with Crippen molar-refractivity contribution in [3.63, 3.8) is 0 Å². The first-order valence-electron chi connectivity index (χ1n) is 11.1. The topological polar surface area (TPSA) is 111 Å². The number of fused-ring (bicyclic) bond motifs is 1. The average Bonchev–Trinajstić information content (AvgIpc) is 3.08. The number of rotatable bonds is 3. The van der Waals surface area contributed by atoms with Crippen LogP contribution in [0.25, 0.3) is 0 Å². The molecule has 0 aromatic heterocycles. The first-order valence-corrected chi connectivity index (χ1v) is 11.1. The van der Waals surface area contributed by atoms with E-state index in [4.69, 9.17) is 0 Å². The van der Waals surface area contributed by atoms with E-state index in [1.165, 1.54) is 0 Å². The van der Waals surface area contributed by atoms with Crippen LogP contribution in [0.4, 0.5) is 5.69 Å². The number of nitrogens with zero attached hydrogens (tertiary/aromatic N) is 2. The minimum atomic E-state index is -0.623. The van der Waals surface area contributed by atoms with E-state index in [1.807, 2.05) is 6.07 Å². The van der Waals surface area contributed by atoms with Gasteiger partial charge in [0.1, 0.15) is 0 Å². The predicted octanol–water partition coefficient (Wildman–Crippen LogP) is -0.0356. The first kappa shape index (κ1) is 20.1. The molecule has 9 heteroatoms. The van der Waals surface area contributed by atoms with Gasteiger partial charge < -0.3 is 10.2 Å². The van der Waals surface area contributed by atoms with Gasteiger partial charge in [-0.05, 0) is 44.5 Å². The van der Waals surface area contributed by atoms with Gasteiger partial charge in [-0.2, -0.15) is 0 Å². The zero-order chi connectivity index (χ0) is 21.5. The highest BCUT2D eigenvalue weighted by Gasteiger charge is 2.39. The highest BCUT2D eigenvalue weighted by atomic mass is 16.2. The third kappa shape index (κ3) is 3.61. The van der Waals surface area contributed by atoms with Gasteiger partial charge in [0, 0.05) is 49.9 Å². The molecule has 0 radical (unpaired) electrons. The third-order valence-electron chi connectivity index (χ3n) is 6.99. The van der Waals surface area contributed by atoms with Gasteiger partial charge in [-0.15, -0.1) is 0 Å². The molecule has 31 heavy (non-hydrogen) atoms. The molecule has 3 fully saturated rings. The molecule has 0 aliphatic carbocycles. The van der Waals surface area contributed by atoms with Crippen molar-refractivity contribution in [2.24, 2.45) is 0 Å². The molecule has 4 amide bonds. The van der Waals surface area contributed by atoms with Crippen LogP contribution in [0.3, 0.4) is 0 Å². The number of anilines is 1. The standard InChI is InChI=1S/C22H27N5O4/c28-17-4-2-14(20(29)24-17)18-16(3-1-15-19(18)22(31)25-21(15)30)27-11-9-26(10-12-27)13-5-7-23-8-6-13/h1,3,13-14,23H,2,4-12H2,(H,24,28,29)(H,25,30,31). The molecule has 164 valence electrons. The summed E-state index contributed by atoms with van der Waals surface area (Å²) in [6.07, 6.45) is 2.87. The quantitative estimate of drug-likeness (QED) is 0.583. The molecule has 0 bridgehead atoms. The Morgan fingerprint density at radius 3 is 2.29 bits per heavy atom. The van der Waals surface area contributed by atoms with Crippen LogP contribution in [-0.2, 0) is 9.59 Å². The SMILES string of the molecule is O=C1CCC(c2c(N3CCN(C4CCNCC4)CC3)ccc3c2C(=O)NC3=O)C(=O)N1. The summed E-state index contributed by atoms with van der Waals surface area (Å²) >= 11 is 0. The number of hydrogen-bond donors (Lipinski definition) is 3. The molecule has 4 aliphatic heterocycles. The fraction of sp³-hybridized carbons (Fsp3) is 0.545. The molecule has 1 aromatic carbocycles. The molecule has 3 N–H and O–H groups in total. The van der Waals surface area contributed by atoms with Gasteiger partial charge in [0.05, 0.1) is 17.0 Å². The van der Waals surface area contributed by atoms with Crippen LogP contribution in [0.2, 0.25) is 0 Å². The van der Waals surface area contributed by atoms with E-state index in [-0.39, 0.29) is 17.9 Å². The van der Waals surface area contributed by atoms with Crippen molar-refractivity contribution in [2.75, 3.05) is 44.2 Å². The summed E-state index contributed by atoms with van der Waals surface area (Å²) in [6.45, 7) is 5.53. The Hall–Kier alpha value is -2.78. The minimum absolute atomic E-state index is 0.221. The highest BCUT2D eigenvalue weighted by molar-refractivity contribution is 6.23. The van der Waals surface area contributed by atoms with Crippen molar-refractivity contribution in [1.82, 2.24) is 20.9 Å². The first-order chi connectivity index (χ1) is 15.0. The maximum absolute atomic E-state index is 12.7. The maximum Gasteiger partial charge on any atom is 0.259 e. The Morgan fingerprint density at radius 1 is 0.839 bits per heavy atom. The third-order valence-corrected chi connectivity index (χ3v) is 6.99. The van der Waals surface area contributed by atoms with Gasteiger partial charge in [0.25, 0.3) is 11.8 Å². The summed E-state index contributed by atoms with van der Waals surface area (Å²) in [4.78, 5) is 54.0. The molecule has 9 nitrogen and oxygen atoms in total. The second kappa shape index (κ2) is 8.05. The number of imide groups is 2. The van der Waals surface area contributed by atoms with Crippen LogP contribution in [0.1, 0.15) is 57.9 Å². The number of benzene rings is 1. The summed E-state index contributed by atoms with van der Waals surface area (Å²) in [5.41, 5.74) is 2.00. The van der Waals surface area contributed by atoms with E-state index in [1.54, 1.807) is 6.07 Å². The molecule has 0 spiro atoms. The molecule has 1 aromatic rings. The van der Waals surface area contributed by atoms with Crippen LogP contribution in [0.5, 0.6) is 0 Å². The van der Waals surface area contributed by atoms with Gasteiger partial charge in [0.15, 0.2) is 0 Å². The van der Waals surface area contributed by atoms with Crippen molar-refractivity contribution in [2.45, 2.75) is 37.6 Å². The van der Waals surface area contributed by atoms with E-state index in [0.717, 1.165) is 57.8 Å². The van der Waals surface area contributed by atoms with Gasteiger partial charge >= 0.3 is 0 Å². The second-order valence-electron chi connectivity index (χ2n) is 8.71. The predicted molar refractivity (Wildman–Crippen MR) is 113 cm³/mol. The van der Waals surface area contributed by atoms with E-state index < -0.39 is 23.6 Å². The number of carbonyl (C=O) groups is 4. The van der Waals surface area contributed by atoms with Crippen molar-refractivity contribution < 1.29 is 19.2 Å². The summed E-state index contributed by atoms with van der Waals surface area (Å²) in [7, 11) is 0. The largest absolute Gasteiger partial charge is 0.369 e. The molecular weight excluding hydrogens is 398 g/mol. The molecule has 4 aliphatic rings. The molecular formula is C22H27N5O4. The molecule has 1 unspecified atom stereocenters. The van der Waals surface area contributed by atoms with Crippen molar-refractivity contribution in [3.8, 4) is 0 Å². The van der Waals surface area contributed by atoms with E-state index in [2.05, 4.69) is 25.8 Å². The summed E-state index contributed by atoms with van der Waals surface area (Å²) in [5, 5.41) is 8.16. The highest BCUT2D eigenvalue weighted by Crippen LogP contribution is 2.39. The molecule has 1 atom stereocenters. The Morgan fingerprint density at radius 2 is 1.58 bits per heavy atom. The van der Waals surface area contributed by atoms with Crippen LogP contribution in [-0.4, -0.2) is 73.8 Å². The zero-order valence-electron chi connectivity index (χ0n) is 17.4. The fourth-order valence-electron chi connectivity index (χ4n) is 5.37. The van der Waals surface area contributed by atoms with E-state index in [0.29, 0.717) is 23.6 Å². The number of hydrogen-bond acceptors (Lipinski definition) is 7. The van der Waals surface area contributed by atoms with E-state index in [9.17, 15) is 19.2 Å². The number of piperazine rings is 1. The monoisotopic (exact) mass is 425 g/mol.